The van der Waals surface area contributed by atoms with Gasteiger partial charge in [-0.2, -0.15) is 5.10 Å². The summed E-state index contributed by atoms with van der Waals surface area (Å²) in [7, 11) is 0. The molecule has 0 fully saturated rings. The molecular weight excluding hydrogens is 256 g/mol. The number of para-hydroxylation sites is 1. The van der Waals surface area contributed by atoms with Crippen LogP contribution >= 0.6 is 12.2 Å². The highest BCUT2D eigenvalue weighted by Crippen LogP contribution is 2.14. The largest absolute Gasteiger partial charge is 0.374 e. The van der Waals surface area contributed by atoms with Gasteiger partial charge in [0.05, 0.1) is 17.1 Å². The van der Waals surface area contributed by atoms with Gasteiger partial charge in [-0.25, -0.2) is 5.01 Å². The fourth-order valence-corrected chi connectivity index (χ4v) is 1.73. The first kappa shape index (κ1) is 13.2. The quantitative estimate of drug-likeness (QED) is 0.529. The maximum Gasteiger partial charge on any atom is 0.191 e. The van der Waals surface area contributed by atoms with Gasteiger partial charge in [-0.05, 0) is 43.4 Å². The van der Waals surface area contributed by atoms with E-state index in [-0.39, 0.29) is 5.11 Å². The summed E-state index contributed by atoms with van der Waals surface area (Å²) in [6, 6.07) is 15.2. The summed E-state index contributed by atoms with van der Waals surface area (Å²) in [5.74, 6) is 0. The Bertz CT molecular complexity index is 581. The van der Waals surface area contributed by atoms with Crippen LogP contribution < -0.4 is 10.7 Å². The summed E-state index contributed by atoms with van der Waals surface area (Å²) in [6.07, 6.45) is 1.72. The summed E-state index contributed by atoms with van der Waals surface area (Å²) >= 11 is 5.04. The number of benzene rings is 1. The molecule has 0 aliphatic carbocycles. The minimum Gasteiger partial charge on any atom is -0.374 e. The van der Waals surface area contributed by atoms with Crippen molar-refractivity contribution in [2.24, 2.45) is 10.8 Å². The third kappa shape index (κ3) is 3.35. The molecule has 4 nitrogen and oxygen atoms in total. The number of nitrogens with zero attached hydrogens (tertiary/aromatic N) is 3. The molecule has 0 saturated carbocycles. The van der Waals surface area contributed by atoms with Crippen LogP contribution in [0.25, 0.3) is 0 Å². The Balaban J connectivity index is 2.34. The molecule has 0 radical (unpaired) electrons. The van der Waals surface area contributed by atoms with Crippen LogP contribution in [-0.4, -0.2) is 15.8 Å². The van der Waals surface area contributed by atoms with Crippen LogP contribution in [0.4, 0.5) is 5.69 Å². The fraction of sp³-hybridized carbons (Fsp3) is 0.0714. The average molecular weight is 270 g/mol. The Morgan fingerprint density at radius 3 is 2.42 bits per heavy atom. The molecule has 2 aromatic rings. The Morgan fingerprint density at radius 1 is 1.16 bits per heavy atom. The van der Waals surface area contributed by atoms with E-state index in [9.17, 15) is 0 Å². The van der Waals surface area contributed by atoms with Crippen molar-refractivity contribution in [1.82, 2.24) is 4.98 Å². The molecule has 0 aliphatic rings. The highest BCUT2D eigenvalue weighted by molar-refractivity contribution is 7.80. The van der Waals surface area contributed by atoms with E-state index in [2.05, 4.69) is 10.1 Å². The molecule has 1 aromatic heterocycles. The van der Waals surface area contributed by atoms with Gasteiger partial charge in [0.1, 0.15) is 0 Å². The van der Waals surface area contributed by atoms with Crippen molar-refractivity contribution in [3.05, 3.63) is 60.4 Å². The molecule has 2 N–H and O–H groups in total. The molecule has 0 amide bonds. The Morgan fingerprint density at radius 2 is 1.84 bits per heavy atom. The third-order valence-corrected chi connectivity index (χ3v) is 2.67. The van der Waals surface area contributed by atoms with Crippen molar-refractivity contribution in [1.29, 1.82) is 0 Å². The minimum absolute atomic E-state index is 0.196. The topological polar surface area (TPSA) is 54.5 Å². The molecule has 1 aromatic carbocycles. The number of hydrazone groups is 1. The van der Waals surface area contributed by atoms with Crippen molar-refractivity contribution in [2.75, 3.05) is 5.01 Å². The lowest BCUT2D eigenvalue weighted by molar-refractivity contribution is 1.11. The number of hydrogen-bond acceptors (Lipinski definition) is 3. The van der Waals surface area contributed by atoms with Crippen LogP contribution in [0, 0.1) is 0 Å². The first-order chi connectivity index (χ1) is 9.18. The van der Waals surface area contributed by atoms with E-state index in [4.69, 9.17) is 18.0 Å². The molecule has 1 heterocycles. The molecule has 0 unspecified atom stereocenters. The van der Waals surface area contributed by atoms with Crippen LogP contribution in [0.1, 0.15) is 12.6 Å². The van der Waals surface area contributed by atoms with Crippen LogP contribution in [0.15, 0.2) is 59.8 Å². The normalized spacial score (nSPS) is 11.1. The van der Waals surface area contributed by atoms with Crippen molar-refractivity contribution in [3.63, 3.8) is 0 Å². The smallest absolute Gasteiger partial charge is 0.191 e. The number of aromatic nitrogens is 1. The highest BCUT2D eigenvalue weighted by atomic mass is 32.1. The zero-order valence-corrected chi connectivity index (χ0v) is 11.3. The molecule has 0 aliphatic heterocycles. The van der Waals surface area contributed by atoms with E-state index in [0.717, 1.165) is 17.1 Å². The maximum absolute atomic E-state index is 5.72. The molecule has 0 atom stereocenters. The van der Waals surface area contributed by atoms with Gasteiger partial charge in [0.2, 0.25) is 0 Å². The molecule has 0 saturated heterocycles. The number of nitrogens with two attached hydrogens (primary N) is 1. The second-order valence-electron chi connectivity index (χ2n) is 3.89. The predicted molar refractivity (Wildman–Crippen MR) is 82.2 cm³/mol. The average Bonchev–Trinajstić information content (AvgIpc) is 2.46. The van der Waals surface area contributed by atoms with E-state index in [1.807, 2.05) is 55.5 Å². The summed E-state index contributed by atoms with van der Waals surface area (Å²) < 4.78 is 0. The standard InChI is InChI=1S/C14H14N4S/c1-11(13-9-5-6-10-16-13)17-18(14(15)19)12-7-3-2-4-8-12/h2-10H,1H3,(H2,15,19)/b17-11+. The maximum atomic E-state index is 5.72. The molecule has 0 spiro atoms. The number of hydrogen-bond donors (Lipinski definition) is 1. The van der Waals surface area contributed by atoms with Crippen molar-refractivity contribution in [2.45, 2.75) is 6.92 Å². The molecular formula is C14H14N4S. The first-order valence-electron chi connectivity index (χ1n) is 5.79. The molecule has 2 rings (SSSR count). The second kappa shape index (κ2) is 6.06. The molecule has 0 bridgehead atoms. The van der Waals surface area contributed by atoms with Gasteiger partial charge in [0, 0.05) is 6.20 Å². The third-order valence-electron chi connectivity index (χ3n) is 2.50. The lowest BCUT2D eigenvalue weighted by Crippen LogP contribution is -2.31. The van der Waals surface area contributed by atoms with E-state index in [0.29, 0.717) is 0 Å². The highest BCUT2D eigenvalue weighted by Gasteiger charge is 2.09. The van der Waals surface area contributed by atoms with E-state index < -0.39 is 0 Å². The lowest BCUT2D eigenvalue weighted by Gasteiger charge is -2.17. The van der Waals surface area contributed by atoms with Gasteiger partial charge in [-0.1, -0.05) is 24.3 Å². The van der Waals surface area contributed by atoms with Crippen LogP contribution in [0.5, 0.6) is 0 Å². The second-order valence-corrected chi connectivity index (χ2v) is 4.30. The van der Waals surface area contributed by atoms with Gasteiger partial charge in [-0.15, -0.1) is 0 Å². The van der Waals surface area contributed by atoms with Gasteiger partial charge >= 0.3 is 0 Å². The minimum atomic E-state index is 0.196. The molecule has 5 heteroatoms. The van der Waals surface area contributed by atoms with Gasteiger partial charge in [0.15, 0.2) is 5.11 Å². The summed E-state index contributed by atoms with van der Waals surface area (Å²) in [6.45, 7) is 1.87. The van der Waals surface area contributed by atoms with Gasteiger partial charge in [0.25, 0.3) is 0 Å². The lowest BCUT2D eigenvalue weighted by atomic mass is 10.2. The van der Waals surface area contributed by atoms with Crippen LogP contribution in [-0.2, 0) is 0 Å². The zero-order chi connectivity index (χ0) is 13.7. The SMILES string of the molecule is C/C(=N\N(C(N)=S)c1ccccc1)c1ccccn1. The first-order valence-corrected chi connectivity index (χ1v) is 6.20. The number of rotatable bonds is 3. The van der Waals surface area contributed by atoms with E-state index in [1.54, 1.807) is 6.20 Å². The predicted octanol–water partition coefficient (Wildman–Crippen LogP) is 2.56. The monoisotopic (exact) mass is 270 g/mol. The number of pyridine rings is 1. The summed E-state index contributed by atoms with van der Waals surface area (Å²) in [5, 5.41) is 6.16. The Labute approximate surface area is 117 Å². The van der Waals surface area contributed by atoms with E-state index in [1.165, 1.54) is 5.01 Å². The number of anilines is 1. The van der Waals surface area contributed by atoms with Gasteiger partial charge in [-0.3, -0.25) is 4.98 Å². The van der Waals surface area contributed by atoms with E-state index >= 15 is 0 Å². The number of thiocarbonyl (C=S) groups is 1. The summed E-state index contributed by atoms with van der Waals surface area (Å²) in [4.78, 5) is 4.24. The summed E-state index contributed by atoms with van der Waals surface area (Å²) in [5.41, 5.74) is 8.09. The van der Waals surface area contributed by atoms with Crippen LogP contribution in [0.3, 0.4) is 0 Å². The van der Waals surface area contributed by atoms with Crippen LogP contribution in [0.2, 0.25) is 0 Å². The zero-order valence-electron chi connectivity index (χ0n) is 10.5. The Kier molecular flexibility index (Phi) is 4.20. The van der Waals surface area contributed by atoms with Crippen molar-refractivity contribution in [3.8, 4) is 0 Å². The fourth-order valence-electron chi connectivity index (χ4n) is 1.58. The molecule has 96 valence electrons. The van der Waals surface area contributed by atoms with Crippen molar-refractivity contribution < 1.29 is 0 Å². The van der Waals surface area contributed by atoms with Gasteiger partial charge < -0.3 is 5.73 Å². The van der Waals surface area contributed by atoms with Crippen molar-refractivity contribution >= 4 is 28.7 Å². The Hall–Kier alpha value is -2.27. The molecule has 19 heavy (non-hydrogen) atoms.